The van der Waals surface area contributed by atoms with Crippen LogP contribution in [0.25, 0.3) is 0 Å². The maximum Gasteiger partial charge on any atom is 0.111 e. The average Bonchev–Trinajstić information content (AvgIpc) is 2.38. The van der Waals surface area contributed by atoms with E-state index < -0.39 is 0 Å². The summed E-state index contributed by atoms with van der Waals surface area (Å²) >= 11 is 0. The Labute approximate surface area is 117 Å². The molecule has 1 fully saturated rings. The predicted molar refractivity (Wildman–Crippen MR) is 80.6 cm³/mol. The first-order chi connectivity index (χ1) is 9.16. The van der Waals surface area contributed by atoms with Crippen molar-refractivity contribution in [1.29, 1.82) is 0 Å². The largest absolute Gasteiger partial charge is 0.364 e. The lowest BCUT2D eigenvalue weighted by atomic mass is 9.91. The van der Waals surface area contributed by atoms with Gasteiger partial charge in [0.1, 0.15) is 6.10 Å². The molecule has 1 aliphatic heterocycles. The van der Waals surface area contributed by atoms with Crippen molar-refractivity contribution in [2.75, 3.05) is 14.1 Å². The van der Waals surface area contributed by atoms with E-state index >= 15 is 0 Å². The molecule has 3 atom stereocenters. The Morgan fingerprint density at radius 1 is 1.26 bits per heavy atom. The van der Waals surface area contributed by atoms with Gasteiger partial charge in [-0.25, -0.2) is 0 Å². The lowest BCUT2D eigenvalue weighted by molar-refractivity contribution is -0.0273. The molecule has 0 aromatic rings. The molecule has 0 spiro atoms. The van der Waals surface area contributed by atoms with Crippen molar-refractivity contribution in [3.8, 4) is 0 Å². The van der Waals surface area contributed by atoms with Crippen LogP contribution >= 0.6 is 0 Å². The van der Waals surface area contributed by atoms with Gasteiger partial charge in [-0.15, -0.1) is 0 Å². The summed E-state index contributed by atoms with van der Waals surface area (Å²) in [6.45, 7) is 2.04. The van der Waals surface area contributed by atoms with Gasteiger partial charge in [0.2, 0.25) is 0 Å². The van der Waals surface area contributed by atoms with Crippen LogP contribution in [0.5, 0.6) is 0 Å². The van der Waals surface area contributed by atoms with Crippen molar-refractivity contribution in [1.82, 2.24) is 4.90 Å². The first kappa shape index (κ1) is 14.5. The number of hydrogen-bond donors (Lipinski definition) is 0. The molecule has 0 aromatic carbocycles. The van der Waals surface area contributed by atoms with E-state index in [1.807, 2.05) is 13.1 Å². The Balaban J connectivity index is 2.00. The van der Waals surface area contributed by atoms with Crippen LogP contribution in [0.15, 0.2) is 28.9 Å². The van der Waals surface area contributed by atoms with E-state index in [1.165, 1.54) is 19.3 Å². The Kier molecular flexibility index (Phi) is 5.34. The number of allylic oxidation sites excluding steroid dienone is 3. The average molecular weight is 262 g/mol. The molecule has 0 bridgehead atoms. The van der Waals surface area contributed by atoms with E-state index in [0.717, 1.165) is 18.5 Å². The minimum Gasteiger partial charge on any atom is -0.364 e. The summed E-state index contributed by atoms with van der Waals surface area (Å²) in [4.78, 5) is 6.75. The van der Waals surface area contributed by atoms with Gasteiger partial charge in [-0.05, 0) is 40.3 Å². The molecule has 2 aliphatic rings. The fraction of sp³-hybridized carbons (Fsp3) is 0.688. The first-order valence-corrected chi connectivity index (χ1v) is 7.36. The van der Waals surface area contributed by atoms with E-state index in [1.54, 1.807) is 0 Å². The van der Waals surface area contributed by atoms with Crippen molar-refractivity contribution in [2.45, 2.75) is 57.3 Å². The third kappa shape index (κ3) is 4.29. The van der Waals surface area contributed by atoms with Crippen LogP contribution in [0, 0.1) is 0 Å². The SMILES string of the molecule is CC1=CCC=CC(OC2CCCCC2N(C)C)/C=N\1. The van der Waals surface area contributed by atoms with Crippen LogP contribution < -0.4 is 0 Å². The van der Waals surface area contributed by atoms with Crippen molar-refractivity contribution in [3.63, 3.8) is 0 Å². The van der Waals surface area contributed by atoms with Crippen molar-refractivity contribution in [2.24, 2.45) is 4.99 Å². The zero-order valence-corrected chi connectivity index (χ0v) is 12.4. The summed E-state index contributed by atoms with van der Waals surface area (Å²) in [5, 5.41) is 0. The Hall–Kier alpha value is -0.930. The Bertz CT molecular complexity index is 371. The highest BCUT2D eigenvalue weighted by atomic mass is 16.5. The minimum absolute atomic E-state index is 0.0224. The number of aliphatic imine (C=N–C) groups is 1. The minimum atomic E-state index is 0.0224. The van der Waals surface area contributed by atoms with Crippen molar-refractivity contribution < 1.29 is 4.74 Å². The van der Waals surface area contributed by atoms with Gasteiger partial charge in [0.15, 0.2) is 0 Å². The van der Waals surface area contributed by atoms with Gasteiger partial charge in [0.25, 0.3) is 0 Å². The van der Waals surface area contributed by atoms with E-state index in [-0.39, 0.29) is 6.10 Å². The molecule has 0 saturated heterocycles. The summed E-state index contributed by atoms with van der Waals surface area (Å²) < 4.78 is 6.29. The lowest BCUT2D eigenvalue weighted by Crippen LogP contribution is -2.44. The highest BCUT2D eigenvalue weighted by molar-refractivity contribution is 5.67. The molecular formula is C16H26N2O. The molecule has 0 radical (unpaired) electrons. The highest BCUT2D eigenvalue weighted by Crippen LogP contribution is 2.25. The molecule has 1 aliphatic carbocycles. The van der Waals surface area contributed by atoms with Crippen molar-refractivity contribution >= 4 is 6.21 Å². The number of hydrogen-bond acceptors (Lipinski definition) is 3. The van der Waals surface area contributed by atoms with Crippen LogP contribution in [0.4, 0.5) is 0 Å². The first-order valence-electron chi connectivity index (χ1n) is 7.36. The molecule has 1 saturated carbocycles. The second kappa shape index (κ2) is 7.01. The zero-order valence-electron chi connectivity index (χ0n) is 12.4. The third-order valence-corrected chi connectivity index (χ3v) is 3.96. The van der Waals surface area contributed by atoms with Crippen LogP contribution in [-0.4, -0.2) is 43.5 Å². The Morgan fingerprint density at radius 2 is 2.05 bits per heavy atom. The third-order valence-electron chi connectivity index (χ3n) is 3.96. The standard InChI is InChI=1S/C16H26N2O/c1-13-8-4-5-9-14(12-17-13)19-16-11-7-6-10-15(16)18(2)3/h5,8-9,12,14-16H,4,6-7,10-11H2,1-3H3/b9-5?,13-8?,17-12-. The second-order valence-corrected chi connectivity index (χ2v) is 5.74. The number of ether oxygens (including phenoxy) is 1. The summed E-state index contributed by atoms with van der Waals surface area (Å²) in [6.07, 6.45) is 14.7. The summed E-state index contributed by atoms with van der Waals surface area (Å²) in [5.74, 6) is 0. The number of likely N-dealkylation sites (N-methyl/N-ethyl adjacent to an activating group) is 1. The normalized spacial score (nSPS) is 33.7. The van der Waals surface area contributed by atoms with Gasteiger partial charge in [0, 0.05) is 18.0 Å². The van der Waals surface area contributed by atoms with E-state index in [9.17, 15) is 0 Å². The molecule has 2 rings (SSSR count). The Morgan fingerprint density at radius 3 is 2.84 bits per heavy atom. The van der Waals surface area contributed by atoms with Gasteiger partial charge in [-0.1, -0.05) is 31.1 Å². The molecule has 0 N–H and O–H groups in total. The van der Waals surface area contributed by atoms with E-state index in [0.29, 0.717) is 12.1 Å². The number of nitrogens with zero attached hydrogens (tertiary/aromatic N) is 2. The molecule has 0 aromatic heterocycles. The molecule has 106 valence electrons. The highest BCUT2D eigenvalue weighted by Gasteiger charge is 2.28. The topological polar surface area (TPSA) is 24.8 Å². The maximum absolute atomic E-state index is 6.29. The van der Waals surface area contributed by atoms with Gasteiger partial charge < -0.3 is 9.64 Å². The number of rotatable bonds is 3. The van der Waals surface area contributed by atoms with Crippen LogP contribution in [-0.2, 0) is 4.74 Å². The van der Waals surface area contributed by atoms with Crippen LogP contribution in [0.3, 0.4) is 0 Å². The molecular weight excluding hydrogens is 236 g/mol. The monoisotopic (exact) mass is 262 g/mol. The molecule has 19 heavy (non-hydrogen) atoms. The fourth-order valence-corrected chi connectivity index (χ4v) is 2.85. The summed E-state index contributed by atoms with van der Waals surface area (Å²) in [5.41, 5.74) is 1.07. The van der Waals surface area contributed by atoms with Gasteiger partial charge in [-0.2, -0.15) is 0 Å². The molecule has 3 nitrogen and oxygen atoms in total. The predicted octanol–water partition coefficient (Wildman–Crippen LogP) is 3.18. The fourth-order valence-electron chi connectivity index (χ4n) is 2.85. The smallest absolute Gasteiger partial charge is 0.111 e. The zero-order chi connectivity index (χ0) is 13.7. The van der Waals surface area contributed by atoms with E-state index in [2.05, 4.69) is 42.2 Å². The molecule has 0 amide bonds. The summed E-state index contributed by atoms with van der Waals surface area (Å²) in [7, 11) is 4.31. The molecule has 3 unspecified atom stereocenters. The molecule has 1 heterocycles. The maximum atomic E-state index is 6.29. The summed E-state index contributed by atoms with van der Waals surface area (Å²) in [6, 6.07) is 0.539. The van der Waals surface area contributed by atoms with Crippen LogP contribution in [0.1, 0.15) is 39.0 Å². The molecule has 3 heteroatoms. The van der Waals surface area contributed by atoms with Gasteiger partial charge in [0.05, 0.1) is 6.10 Å². The van der Waals surface area contributed by atoms with Gasteiger partial charge >= 0.3 is 0 Å². The van der Waals surface area contributed by atoms with E-state index in [4.69, 9.17) is 4.74 Å². The quantitative estimate of drug-likeness (QED) is 0.730. The van der Waals surface area contributed by atoms with Crippen LogP contribution in [0.2, 0.25) is 0 Å². The van der Waals surface area contributed by atoms with Crippen molar-refractivity contribution in [3.05, 3.63) is 23.9 Å². The second-order valence-electron chi connectivity index (χ2n) is 5.74. The van der Waals surface area contributed by atoms with Gasteiger partial charge in [-0.3, -0.25) is 4.99 Å². The lowest BCUT2D eigenvalue weighted by Gasteiger charge is -2.37.